The third kappa shape index (κ3) is 1.44. The zero-order chi connectivity index (χ0) is 6.69. The quantitative estimate of drug-likeness (QED) is 0.468. The van der Waals surface area contributed by atoms with Crippen molar-refractivity contribution >= 4 is 0 Å². The first-order chi connectivity index (χ1) is 4.34. The molecule has 1 unspecified atom stereocenters. The lowest BCUT2D eigenvalue weighted by molar-refractivity contribution is 0.520. The van der Waals surface area contributed by atoms with Crippen LogP contribution in [0.4, 0.5) is 0 Å². The van der Waals surface area contributed by atoms with E-state index in [1.807, 2.05) is 6.08 Å². The van der Waals surface area contributed by atoms with E-state index in [2.05, 4.69) is 6.58 Å². The first-order valence-corrected chi connectivity index (χ1v) is 3.58. The molecule has 0 N–H and O–H groups in total. The van der Waals surface area contributed by atoms with Crippen molar-refractivity contribution in [2.45, 2.75) is 25.7 Å². The first-order valence-electron chi connectivity index (χ1n) is 3.58. The molecule has 0 aromatic rings. The maximum absolute atomic E-state index is 5.73. The summed E-state index contributed by atoms with van der Waals surface area (Å²) in [6.07, 6.45) is 6.88. The molecule has 0 saturated heterocycles. The topological polar surface area (TPSA) is 0 Å². The molecular formula is C9H13. The Morgan fingerprint density at radius 3 is 2.78 bits per heavy atom. The Kier molecular flexibility index (Phi) is 2.10. The standard InChI is InChI=1S/C9H13/c1-3-9-7-5-4-6-8(9)2/h2-3,9H,1,4-7H2. The summed E-state index contributed by atoms with van der Waals surface area (Å²) in [5, 5.41) is 0. The van der Waals surface area contributed by atoms with Crippen LogP contribution in [0.25, 0.3) is 0 Å². The Labute approximate surface area is 57.3 Å². The summed E-state index contributed by atoms with van der Waals surface area (Å²) < 4.78 is 0. The van der Waals surface area contributed by atoms with Gasteiger partial charge in [0.05, 0.1) is 0 Å². The van der Waals surface area contributed by atoms with E-state index in [1.165, 1.54) is 19.3 Å². The van der Waals surface area contributed by atoms with E-state index in [9.17, 15) is 0 Å². The van der Waals surface area contributed by atoms with Gasteiger partial charge in [0.2, 0.25) is 0 Å². The summed E-state index contributed by atoms with van der Waals surface area (Å²) in [4.78, 5) is 0. The van der Waals surface area contributed by atoms with Crippen LogP contribution in [0.1, 0.15) is 25.7 Å². The van der Waals surface area contributed by atoms with Gasteiger partial charge in [-0.3, -0.25) is 0 Å². The molecule has 0 heteroatoms. The van der Waals surface area contributed by atoms with Crippen molar-refractivity contribution in [1.29, 1.82) is 0 Å². The number of hydrogen-bond donors (Lipinski definition) is 0. The van der Waals surface area contributed by atoms with Crippen molar-refractivity contribution in [3.05, 3.63) is 24.8 Å². The van der Waals surface area contributed by atoms with Crippen LogP contribution in [0.15, 0.2) is 18.2 Å². The van der Waals surface area contributed by atoms with E-state index in [4.69, 9.17) is 6.58 Å². The monoisotopic (exact) mass is 121 g/mol. The molecule has 49 valence electrons. The predicted octanol–water partition coefficient (Wildman–Crippen LogP) is 2.72. The Morgan fingerprint density at radius 1 is 1.56 bits per heavy atom. The second kappa shape index (κ2) is 2.86. The van der Waals surface area contributed by atoms with Crippen LogP contribution in [0, 0.1) is 12.5 Å². The Balaban J connectivity index is 2.48. The number of allylic oxidation sites excluding steroid dienone is 2. The predicted molar refractivity (Wildman–Crippen MR) is 40.0 cm³/mol. The van der Waals surface area contributed by atoms with Gasteiger partial charge in [0.15, 0.2) is 0 Å². The summed E-state index contributed by atoms with van der Waals surface area (Å²) in [6, 6.07) is 0. The summed E-state index contributed by atoms with van der Waals surface area (Å²) in [6.45, 7) is 9.47. The molecule has 0 nitrogen and oxygen atoms in total. The molecule has 0 aliphatic heterocycles. The van der Waals surface area contributed by atoms with Gasteiger partial charge in [0, 0.05) is 0 Å². The summed E-state index contributed by atoms with van der Waals surface area (Å²) in [5.74, 6) is 0.513. The Hall–Kier alpha value is -0.520. The Morgan fingerprint density at radius 2 is 2.33 bits per heavy atom. The lowest BCUT2D eigenvalue weighted by atomic mass is 9.85. The van der Waals surface area contributed by atoms with Gasteiger partial charge in [-0.05, 0) is 25.2 Å². The van der Waals surface area contributed by atoms with Crippen molar-refractivity contribution < 1.29 is 0 Å². The maximum Gasteiger partial charge on any atom is -0.00228 e. The van der Waals surface area contributed by atoms with Crippen molar-refractivity contribution in [2.24, 2.45) is 5.92 Å². The largest absolute Gasteiger partial charge is 0.102 e. The zero-order valence-corrected chi connectivity index (χ0v) is 5.77. The minimum absolute atomic E-state index is 0.513. The second-order valence-corrected chi connectivity index (χ2v) is 2.66. The van der Waals surface area contributed by atoms with E-state index < -0.39 is 0 Å². The fourth-order valence-electron chi connectivity index (χ4n) is 1.33. The fourth-order valence-corrected chi connectivity index (χ4v) is 1.33. The van der Waals surface area contributed by atoms with Crippen LogP contribution in [0.3, 0.4) is 0 Å². The average molecular weight is 121 g/mol. The van der Waals surface area contributed by atoms with Gasteiger partial charge < -0.3 is 0 Å². The number of rotatable bonds is 1. The smallest absolute Gasteiger partial charge is 0.00228 e. The molecule has 1 rings (SSSR count). The van der Waals surface area contributed by atoms with Gasteiger partial charge in [-0.2, -0.15) is 0 Å². The molecule has 1 aliphatic rings. The second-order valence-electron chi connectivity index (χ2n) is 2.66. The van der Waals surface area contributed by atoms with Crippen LogP contribution in [0.5, 0.6) is 0 Å². The van der Waals surface area contributed by atoms with Gasteiger partial charge in [-0.25, -0.2) is 0 Å². The van der Waals surface area contributed by atoms with Crippen LogP contribution < -0.4 is 0 Å². The highest BCUT2D eigenvalue weighted by Crippen LogP contribution is 2.27. The zero-order valence-electron chi connectivity index (χ0n) is 5.77. The average Bonchev–Trinajstić information content (AvgIpc) is 1.89. The van der Waals surface area contributed by atoms with Gasteiger partial charge >= 0.3 is 0 Å². The molecule has 1 fully saturated rings. The van der Waals surface area contributed by atoms with Gasteiger partial charge in [-0.1, -0.05) is 24.6 Å². The van der Waals surface area contributed by atoms with Gasteiger partial charge in [0.1, 0.15) is 0 Å². The summed E-state index contributed by atoms with van der Waals surface area (Å²) in [7, 11) is 0. The molecule has 0 heterocycles. The molecule has 1 radical (unpaired) electrons. The van der Waals surface area contributed by atoms with E-state index in [1.54, 1.807) is 0 Å². The van der Waals surface area contributed by atoms with Gasteiger partial charge in [-0.15, -0.1) is 6.58 Å². The SMILES string of the molecule is [CH]=C1CCCCC1C=C. The number of hydrogen-bond acceptors (Lipinski definition) is 0. The third-order valence-corrected chi connectivity index (χ3v) is 1.99. The minimum atomic E-state index is 0.513. The highest BCUT2D eigenvalue weighted by molar-refractivity contribution is 5.07. The fraction of sp³-hybridized carbons (Fsp3) is 0.556. The molecule has 1 atom stereocenters. The molecule has 0 spiro atoms. The van der Waals surface area contributed by atoms with Crippen molar-refractivity contribution in [3.63, 3.8) is 0 Å². The van der Waals surface area contributed by atoms with Crippen LogP contribution in [0.2, 0.25) is 0 Å². The minimum Gasteiger partial charge on any atom is -0.102 e. The van der Waals surface area contributed by atoms with Crippen molar-refractivity contribution in [1.82, 2.24) is 0 Å². The van der Waals surface area contributed by atoms with Crippen molar-refractivity contribution in [3.8, 4) is 0 Å². The first kappa shape index (κ1) is 6.60. The van der Waals surface area contributed by atoms with E-state index >= 15 is 0 Å². The Bertz CT molecular complexity index is 122. The molecule has 0 amide bonds. The van der Waals surface area contributed by atoms with Gasteiger partial charge in [0.25, 0.3) is 0 Å². The lowest BCUT2D eigenvalue weighted by Gasteiger charge is -2.20. The molecule has 1 aliphatic carbocycles. The summed E-state index contributed by atoms with van der Waals surface area (Å²) in [5.41, 5.74) is 1.14. The van der Waals surface area contributed by atoms with Crippen LogP contribution in [-0.4, -0.2) is 0 Å². The summed E-state index contributed by atoms with van der Waals surface area (Å²) >= 11 is 0. The molecular weight excluding hydrogens is 108 g/mol. The van der Waals surface area contributed by atoms with E-state index in [0.717, 1.165) is 12.0 Å². The highest BCUT2D eigenvalue weighted by Gasteiger charge is 2.12. The maximum atomic E-state index is 5.73. The van der Waals surface area contributed by atoms with E-state index in [-0.39, 0.29) is 0 Å². The van der Waals surface area contributed by atoms with E-state index in [0.29, 0.717) is 5.92 Å². The molecule has 1 saturated carbocycles. The highest BCUT2D eigenvalue weighted by atomic mass is 14.2. The molecule has 0 aromatic heterocycles. The lowest BCUT2D eigenvalue weighted by Crippen LogP contribution is -2.05. The molecule has 9 heavy (non-hydrogen) atoms. The van der Waals surface area contributed by atoms with Crippen molar-refractivity contribution in [2.75, 3.05) is 0 Å². The third-order valence-electron chi connectivity index (χ3n) is 1.99. The molecule has 0 bridgehead atoms. The molecule has 0 aromatic carbocycles. The van der Waals surface area contributed by atoms with Crippen LogP contribution in [-0.2, 0) is 0 Å². The normalized spacial score (nSPS) is 28.0. The van der Waals surface area contributed by atoms with Crippen LogP contribution >= 0.6 is 0 Å².